The van der Waals surface area contributed by atoms with Gasteiger partial charge in [0.05, 0.1) is 0 Å². The second-order valence-corrected chi connectivity index (χ2v) is 4.41. The number of aromatic hydroxyl groups is 2. The summed E-state index contributed by atoms with van der Waals surface area (Å²) in [5.41, 5.74) is 6.09. The van der Waals surface area contributed by atoms with Crippen molar-refractivity contribution in [2.24, 2.45) is 5.73 Å². The predicted molar refractivity (Wildman–Crippen MR) is 62.9 cm³/mol. The molecule has 1 amide bonds. The fraction of sp³-hybridized carbons (Fsp3) is 0.417. The Morgan fingerprint density at radius 1 is 1.24 bits per heavy atom. The number of phenols is 2. The van der Waals surface area contributed by atoms with Gasteiger partial charge in [0.15, 0.2) is 0 Å². The number of nitrogens with two attached hydrogens (primary N) is 1. The summed E-state index contributed by atoms with van der Waals surface area (Å²) in [4.78, 5) is 11.9. The molecule has 1 aliphatic carbocycles. The van der Waals surface area contributed by atoms with E-state index in [9.17, 15) is 15.0 Å². The number of carbonyl (C=O) groups excluding carboxylic acids is 1. The molecule has 1 aromatic carbocycles. The van der Waals surface area contributed by atoms with Crippen molar-refractivity contribution >= 4 is 5.91 Å². The highest BCUT2D eigenvalue weighted by Crippen LogP contribution is 2.22. The summed E-state index contributed by atoms with van der Waals surface area (Å²) in [7, 11) is 0. The first-order chi connectivity index (χ1) is 8.06. The number of nitrogens with one attached hydrogen (secondary N) is 1. The zero-order valence-corrected chi connectivity index (χ0v) is 9.39. The Morgan fingerprint density at radius 3 is 2.41 bits per heavy atom. The summed E-state index contributed by atoms with van der Waals surface area (Å²) in [6, 6.07) is 3.78. The molecule has 1 aliphatic rings. The maximum atomic E-state index is 11.9. The van der Waals surface area contributed by atoms with Gasteiger partial charge in [-0.3, -0.25) is 4.79 Å². The fourth-order valence-corrected chi connectivity index (χ4v) is 2.15. The van der Waals surface area contributed by atoms with Crippen molar-refractivity contribution in [3.63, 3.8) is 0 Å². The molecule has 0 saturated heterocycles. The maximum Gasteiger partial charge on any atom is 0.251 e. The zero-order valence-electron chi connectivity index (χ0n) is 9.39. The van der Waals surface area contributed by atoms with E-state index in [1.165, 1.54) is 18.2 Å². The van der Waals surface area contributed by atoms with E-state index in [2.05, 4.69) is 5.32 Å². The van der Waals surface area contributed by atoms with Crippen LogP contribution in [0.1, 0.15) is 29.6 Å². The van der Waals surface area contributed by atoms with Gasteiger partial charge in [-0.1, -0.05) is 0 Å². The van der Waals surface area contributed by atoms with Gasteiger partial charge in [0.25, 0.3) is 5.91 Å². The predicted octanol–water partition coefficient (Wildman–Crippen LogP) is 0.707. The molecule has 2 atom stereocenters. The third kappa shape index (κ3) is 2.68. The molecule has 0 bridgehead atoms. The quantitative estimate of drug-likeness (QED) is 0.608. The highest BCUT2D eigenvalue weighted by molar-refractivity contribution is 5.95. The van der Waals surface area contributed by atoms with Crippen LogP contribution in [-0.2, 0) is 0 Å². The summed E-state index contributed by atoms with van der Waals surface area (Å²) >= 11 is 0. The van der Waals surface area contributed by atoms with Crippen LogP contribution < -0.4 is 11.1 Å². The Hall–Kier alpha value is -1.75. The molecule has 5 heteroatoms. The minimum absolute atomic E-state index is 0.00939. The highest BCUT2D eigenvalue weighted by Gasteiger charge is 2.25. The Kier molecular flexibility index (Phi) is 3.19. The van der Waals surface area contributed by atoms with E-state index < -0.39 is 0 Å². The number of amides is 1. The Morgan fingerprint density at radius 2 is 1.88 bits per heavy atom. The number of benzene rings is 1. The summed E-state index contributed by atoms with van der Waals surface area (Å²) in [5.74, 6) is -0.588. The first-order valence-corrected chi connectivity index (χ1v) is 5.66. The van der Waals surface area contributed by atoms with Gasteiger partial charge in [-0.2, -0.15) is 0 Å². The molecule has 0 aliphatic heterocycles. The van der Waals surface area contributed by atoms with Crippen molar-refractivity contribution in [3.8, 4) is 11.5 Å². The molecule has 0 heterocycles. The van der Waals surface area contributed by atoms with E-state index in [-0.39, 0.29) is 35.1 Å². The van der Waals surface area contributed by atoms with Crippen molar-refractivity contribution in [3.05, 3.63) is 23.8 Å². The topological polar surface area (TPSA) is 95.6 Å². The lowest BCUT2D eigenvalue weighted by molar-refractivity contribution is 0.0934. The minimum atomic E-state index is -0.321. The summed E-state index contributed by atoms with van der Waals surface area (Å²) in [5, 5.41) is 21.4. The molecule has 5 N–H and O–H groups in total. The van der Waals surface area contributed by atoms with Gasteiger partial charge in [-0.05, 0) is 31.4 Å². The molecule has 17 heavy (non-hydrogen) atoms. The molecule has 1 saturated carbocycles. The second-order valence-electron chi connectivity index (χ2n) is 4.41. The van der Waals surface area contributed by atoms with E-state index in [4.69, 9.17) is 5.73 Å². The molecule has 5 nitrogen and oxygen atoms in total. The molecule has 2 unspecified atom stereocenters. The summed E-state index contributed by atoms with van der Waals surface area (Å²) in [6.07, 6.45) is 2.80. The lowest BCUT2D eigenvalue weighted by atomic mass is 10.1. The van der Waals surface area contributed by atoms with Crippen LogP contribution in [0, 0.1) is 0 Å². The van der Waals surface area contributed by atoms with Gasteiger partial charge >= 0.3 is 0 Å². The van der Waals surface area contributed by atoms with Gasteiger partial charge in [-0.25, -0.2) is 0 Å². The molecule has 1 fully saturated rings. The molecule has 0 aromatic heterocycles. The van der Waals surface area contributed by atoms with E-state index in [1.807, 2.05) is 0 Å². The van der Waals surface area contributed by atoms with Crippen molar-refractivity contribution < 1.29 is 15.0 Å². The molecular weight excluding hydrogens is 220 g/mol. The SMILES string of the molecule is NC1CCCC1NC(=O)c1cc(O)cc(O)c1. The van der Waals surface area contributed by atoms with E-state index in [0.29, 0.717) is 0 Å². The van der Waals surface area contributed by atoms with Gasteiger partial charge < -0.3 is 21.3 Å². The average Bonchev–Trinajstić information content (AvgIpc) is 2.63. The molecule has 0 spiro atoms. The molecule has 0 radical (unpaired) electrons. The minimum Gasteiger partial charge on any atom is -0.508 e. The first kappa shape index (κ1) is 11.7. The Balaban J connectivity index is 2.09. The second kappa shape index (κ2) is 4.63. The Bertz CT molecular complexity index is 414. The first-order valence-electron chi connectivity index (χ1n) is 5.66. The van der Waals surface area contributed by atoms with Crippen LogP contribution >= 0.6 is 0 Å². The zero-order chi connectivity index (χ0) is 12.4. The van der Waals surface area contributed by atoms with E-state index in [0.717, 1.165) is 19.3 Å². The van der Waals surface area contributed by atoms with Gasteiger partial charge in [-0.15, -0.1) is 0 Å². The smallest absolute Gasteiger partial charge is 0.251 e. The third-order valence-electron chi connectivity index (χ3n) is 3.05. The summed E-state index contributed by atoms with van der Waals surface area (Å²) in [6.45, 7) is 0. The monoisotopic (exact) mass is 236 g/mol. The number of hydrogen-bond acceptors (Lipinski definition) is 4. The Labute approximate surface area is 99.3 Å². The van der Waals surface area contributed by atoms with Gasteiger partial charge in [0.1, 0.15) is 11.5 Å². The van der Waals surface area contributed by atoms with Gasteiger partial charge in [0.2, 0.25) is 0 Å². The summed E-state index contributed by atoms with van der Waals surface area (Å²) < 4.78 is 0. The lowest BCUT2D eigenvalue weighted by Crippen LogP contribution is -2.43. The maximum absolute atomic E-state index is 11.9. The third-order valence-corrected chi connectivity index (χ3v) is 3.05. The van der Waals surface area contributed by atoms with Crippen molar-refractivity contribution in [2.75, 3.05) is 0 Å². The van der Waals surface area contributed by atoms with Crippen LogP contribution in [0.25, 0.3) is 0 Å². The van der Waals surface area contributed by atoms with Crippen molar-refractivity contribution in [1.82, 2.24) is 5.32 Å². The highest BCUT2D eigenvalue weighted by atomic mass is 16.3. The van der Waals surface area contributed by atoms with Crippen LogP contribution in [0.5, 0.6) is 11.5 Å². The lowest BCUT2D eigenvalue weighted by Gasteiger charge is -2.17. The standard InChI is InChI=1S/C12H16N2O3/c13-10-2-1-3-11(10)14-12(17)7-4-8(15)6-9(16)5-7/h4-6,10-11,15-16H,1-3,13H2,(H,14,17). The van der Waals surface area contributed by atoms with Gasteiger partial charge in [0, 0.05) is 23.7 Å². The molecule has 92 valence electrons. The fourth-order valence-electron chi connectivity index (χ4n) is 2.15. The number of rotatable bonds is 2. The molecule has 1 aromatic rings. The number of phenolic OH excluding ortho intramolecular Hbond substituents is 2. The van der Waals surface area contributed by atoms with E-state index >= 15 is 0 Å². The van der Waals surface area contributed by atoms with Crippen molar-refractivity contribution in [1.29, 1.82) is 0 Å². The van der Waals surface area contributed by atoms with Crippen molar-refractivity contribution in [2.45, 2.75) is 31.3 Å². The normalized spacial score (nSPS) is 23.6. The van der Waals surface area contributed by atoms with Crippen LogP contribution in [0.3, 0.4) is 0 Å². The number of hydrogen-bond donors (Lipinski definition) is 4. The molecule has 2 rings (SSSR count). The largest absolute Gasteiger partial charge is 0.508 e. The van der Waals surface area contributed by atoms with Crippen LogP contribution in [0.4, 0.5) is 0 Å². The average molecular weight is 236 g/mol. The van der Waals surface area contributed by atoms with Crippen LogP contribution in [-0.4, -0.2) is 28.2 Å². The number of carbonyl (C=O) groups is 1. The van der Waals surface area contributed by atoms with Crippen LogP contribution in [0.15, 0.2) is 18.2 Å². The molecular formula is C12H16N2O3. The van der Waals surface area contributed by atoms with Crippen LogP contribution in [0.2, 0.25) is 0 Å². The van der Waals surface area contributed by atoms with E-state index in [1.54, 1.807) is 0 Å².